The Morgan fingerprint density at radius 1 is 1.25 bits per heavy atom. The van der Waals surface area contributed by atoms with Gasteiger partial charge in [-0.25, -0.2) is 4.39 Å². The van der Waals surface area contributed by atoms with Gasteiger partial charge in [0.25, 0.3) is 0 Å². The molecular weight excluding hydrogens is 279 g/mol. The lowest BCUT2D eigenvalue weighted by atomic mass is 10.1. The summed E-state index contributed by atoms with van der Waals surface area (Å²) in [6.45, 7) is 2.18. The first-order chi connectivity index (χ1) is 9.61. The number of hydrogen-bond acceptors (Lipinski definition) is 2. The average Bonchev–Trinajstić information content (AvgIpc) is 2.48. The van der Waals surface area contributed by atoms with Crippen LogP contribution in [0.1, 0.15) is 30.6 Å². The van der Waals surface area contributed by atoms with Crippen LogP contribution in [0.25, 0.3) is 0 Å². The normalized spacial score (nSPS) is 12.2. The minimum atomic E-state index is -0.553. The highest BCUT2D eigenvalue weighted by molar-refractivity contribution is 6.30. The molecule has 0 saturated heterocycles. The third-order valence-corrected chi connectivity index (χ3v) is 3.33. The van der Waals surface area contributed by atoms with Crippen molar-refractivity contribution in [3.05, 3.63) is 64.4 Å². The van der Waals surface area contributed by atoms with Crippen molar-refractivity contribution in [2.45, 2.75) is 26.1 Å². The fourth-order valence-corrected chi connectivity index (χ4v) is 2.10. The van der Waals surface area contributed by atoms with Gasteiger partial charge < -0.3 is 9.84 Å². The summed E-state index contributed by atoms with van der Waals surface area (Å²) < 4.78 is 18.8. The zero-order valence-corrected chi connectivity index (χ0v) is 11.9. The highest BCUT2D eigenvalue weighted by atomic mass is 35.5. The number of rotatable bonds is 5. The van der Waals surface area contributed by atoms with Crippen molar-refractivity contribution in [1.29, 1.82) is 0 Å². The quantitative estimate of drug-likeness (QED) is 0.879. The van der Waals surface area contributed by atoms with E-state index in [0.29, 0.717) is 12.2 Å². The monoisotopic (exact) mass is 294 g/mol. The van der Waals surface area contributed by atoms with Gasteiger partial charge in [0.15, 0.2) is 0 Å². The van der Waals surface area contributed by atoms with Gasteiger partial charge in [-0.05, 0) is 30.2 Å². The first-order valence-electron chi connectivity index (χ1n) is 6.45. The molecule has 2 aromatic carbocycles. The molecule has 0 unspecified atom stereocenters. The first kappa shape index (κ1) is 14.8. The molecule has 0 aliphatic rings. The second-order valence-electron chi connectivity index (χ2n) is 4.50. The Hall–Kier alpha value is -1.58. The van der Waals surface area contributed by atoms with Crippen molar-refractivity contribution in [3.63, 3.8) is 0 Å². The molecule has 2 rings (SSSR count). The SMILES string of the molecule is CC[C@@H](O)c1ccccc1OCc1ccc(F)c(Cl)c1. The van der Waals surface area contributed by atoms with Crippen molar-refractivity contribution < 1.29 is 14.2 Å². The Balaban J connectivity index is 2.12. The maximum atomic E-state index is 13.1. The van der Waals surface area contributed by atoms with E-state index in [0.717, 1.165) is 11.1 Å². The number of benzene rings is 2. The van der Waals surface area contributed by atoms with Gasteiger partial charge in [0.2, 0.25) is 0 Å². The van der Waals surface area contributed by atoms with Gasteiger partial charge in [-0.15, -0.1) is 0 Å². The lowest BCUT2D eigenvalue weighted by Crippen LogP contribution is -2.02. The molecule has 4 heteroatoms. The van der Waals surface area contributed by atoms with Crippen LogP contribution in [-0.2, 0) is 6.61 Å². The molecule has 20 heavy (non-hydrogen) atoms. The summed E-state index contributed by atoms with van der Waals surface area (Å²) in [6.07, 6.45) is 0.0611. The first-order valence-corrected chi connectivity index (χ1v) is 6.83. The van der Waals surface area contributed by atoms with E-state index < -0.39 is 11.9 Å². The minimum Gasteiger partial charge on any atom is -0.489 e. The molecule has 0 saturated carbocycles. The largest absolute Gasteiger partial charge is 0.489 e. The summed E-state index contributed by atoms with van der Waals surface area (Å²) >= 11 is 5.73. The van der Waals surface area contributed by atoms with E-state index in [4.69, 9.17) is 16.3 Å². The maximum Gasteiger partial charge on any atom is 0.141 e. The molecule has 1 atom stereocenters. The molecular formula is C16H16ClFO2. The summed E-state index contributed by atoms with van der Waals surface area (Å²) in [6, 6.07) is 11.8. The van der Waals surface area contributed by atoms with Crippen LogP contribution in [0.15, 0.2) is 42.5 Å². The van der Waals surface area contributed by atoms with Gasteiger partial charge in [0.1, 0.15) is 18.2 Å². The summed E-state index contributed by atoms with van der Waals surface area (Å²) in [4.78, 5) is 0. The Morgan fingerprint density at radius 3 is 2.70 bits per heavy atom. The maximum absolute atomic E-state index is 13.1. The zero-order valence-electron chi connectivity index (χ0n) is 11.1. The third-order valence-electron chi connectivity index (χ3n) is 3.04. The summed E-state index contributed by atoms with van der Waals surface area (Å²) in [5.74, 6) is 0.180. The Bertz CT molecular complexity index is 586. The number of halogens is 2. The van der Waals surface area contributed by atoms with Crippen LogP contribution in [0, 0.1) is 5.82 Å². The molecule has 0 spiro atoms. The lowest BCUT2D eigenvalue weighted by molar-refractivity contribution is 0.166. The lowest BCUT2D eigenvalue weighted by Gasteiger charge is -2.15. The standard InChI is InChI=1S/C16H16ClFO2/c1-2-15(19)12-5-3-4-6-16(12)20-10-11-7-8-14(18)13(17)9-11/h3-9,15,19H,2,10H2,1H3/t15-/m1/s1. The van der Waals surface area contributed by atoms with Crippen LogP contribution in [0.4, 0.5) is 4.39 Å². The summed E-state index contributed by atoms with van der Waals surface area (Å²) in [5.41, 5.74) is 1.53. The summed E-state index contributed by atoms with van der Waals surface area (Å²) in [7, 11) is 0. The topological polar surface area (TPSA) is 29.5 Å². The zero-order chi connectivity index (χ0) is 14.5. The van der Waals surface area contributed by atoms with Crippen LogP contribution in [0.3, 0.4) is 0 Å². The molecule has 0 radical (unpaired) electrons. The van der Waals surface area contributed by atoms with Gasteiger partial charge in [-0.3, -0.25) is 0 Å². The van der Waals surface area contributed by atoms with E-state index in [-0.39, 0.29) is 11.6 Å². The van der Waals surface area contributed by atoms with E-state index in [9.17, 15) is 9.50 Å². The number of aliphatic hydroxyl groups excluding tert-OH is 1. The van der Waals surface area contributed by atoms with Crippen molar-refractivity contribution >= 4 is 11.6 Å². The van der Waals surface area contributed by atoms with Crippen molar-refractivity contribution in [2.24, 2.45) is 0 Å². The van der Waals surface area contributed by atoms with Gasteiger partial charge in [-0.1, -0.05) is 42.8 Å². The smallest absolute Gasteiger partial charge is 0.141 e. The Kier molecular flexibility index (Phi) is 4.99. The van der Waals surface area contributed by atoms with E-state index in [1.165, 1.54) is 12.1 Å². The molecule has 2 nitrogen and oxygen atoms in total. The van der Waals surface area contributed by atoms with E-state index in [2.05, 4.69) is 0 Å². The Morgan fingerprint density at radius 2 is 2.00 bits per heavy atom. The van der Waals surface area contributed by atoms with Crippen LogP contribution in [0.2, 0.25) is 5.02 Å². The minimum absolute atomic E-state index is 0.0768. The second-order valence-corrected chi connectivity index (χ2v) is 4.91. The third kappa shape index (κ3) is 3.50. The van der Waals surface area contributed by atoms with Crippen LogP contribution >= 0.6 is 11.6 Å². The number of aliphatic hydroxyl groups is 1. The predicted octanol–water partition coefficient (Wildman–Crippen LogP) is 4.50. The average molecular weight is 295 g/mol. The second kappa shape index (κ2) is 6.73. The fourth-order valence-electron chi connectivity index (χ4n) is 1.90. The molecule has 0 heterocycles. The van der Waals surface area contributed by atoms with E-state index in [1.807, 2.05) is 25.1 Å². The van der Waals surface area contributed by atoms with Crippen molar-refractivity contribution in [3.8, 4) is 5.75 Å². The molecule has 0 aliphatic carbocycles. The molecule has 0 fully saturated rings. The summed E-state index contributed by atoms with van der Waals surface area (Å²) in [5, 5.41) is 10.0. The van der Waals surface area contributed by atoms with Crippen LogP contribution < -0.4 is 4.74 Å². The molecule has 0 aromatic heterocycles. The van der Waals surface area contributed by atoms with Gasteiger partial charge in [0, 0.05) is 5.56 Å². The van der Waals surface area contributed by atoms with Crippen LogP contribution in [-0.4, -0.2) is 5.11 Å². The molecule has 1 N–H and O–H groups in total. The van der Waals surface area contributed by atoms with E-state index >= 15 is 0 Å². The van der Waals surface area contributed by atoms with Crippen molar-refractivity contribution in [1.82, 2.24) is 0 Å². The molecule has 2 aromatic rings. The molecule has 0 amide bonds. The van der Waals surface area contributed by atoms with Gasteiger partial charge in [-0.2, -0.15) is 0 Å². The molecule has 106 valence electrons. The van der Waals surface area contributed by atoms with Crippen LogP contribution in [0.5, 0.6) is 5.75 Å². The number of hydrogen-bond donors (Lipinski definition) is 1. The van der Waals surface area contributed by atoms with Gasteiger partial charge >= 0.3 is 0 Å². The van der Waals surface area contributed by atoms with Crippen molar-refractivity contribution in [2.75, 3.05) is 0 Å². The van der Waals surface area contributed by atoms with E-state index in [1.54, 1.807) is 12.1 Å². The predicted molar refractivity (Wildman–Crippen MR) is 77.4 cm³/mol. The molecule has 0 aliphatic heterocycles. The highest BCUT2D eigenvalue weighted by Gasteiger charge is 2.11. The number of ether oxygens (including phenoxy) is 1. The van der Waals surface area contributed by atoms with Gasteiger partial charge in [0.05, 0.1) is 11.1 Å². The Labute approximate surface area is 122 Å². The fraction of sp³-hybridized carbons (Fsp3) is 0.250. The highest BCUT2D eigenvalue weighted by Crippen LogP contribution is 2.27. The molecule has 0 bridgehead atoms. The number of para-hydroxylation sites is 1.